The lowest BCUT2D eigenvalue weighted by Gasteiger charge is -2.10. The highest BCUT2D eigenvalue weighted by molar-refractivity contribution is 5.97. The number of para-hydroxylation sites is 1. The molecule has 0 saturated carbocycles. The highest BCUT2D eigenvalue weighted by Crippen LogP contribution is 2.15. The molecule has 1 amide bonds. The molecule has 0 fully saturated rings. The molecule has 3 aromatic rings. The summed E-state index contributed by atoms with van der Waals surface area (Å²) in [5.74, 6) is -0.121. The molecule has 122 valence electrons. The zero-order valence-electron chi connectivity index (χ0n) is 13.2. The van der Waals surface area contributed by atoms with Gasteiger partial charge in [0.2, 0.25) is 0 Å². The number of hydrogen-bond acceptors (Lipinski definition) is 4. The Morgan fingerprint density at radius 1 is 1.08 bits per heavy atom. The van der Waals surface area contributed by atoms with Crippen molar-refractivity contribution in [1.29, 1.82) is 0 Å². The molecule has 6 heteroatoms. The van der Waals surface area contributed by atoms with Crippen LogP contribution < -0.4 is 11.1 Å². The molecule has 0 unspecified atom stereocenters. The lowest BCUT2D eigenvalue weighted by molar-refractivity contribution is 0.0954. The van der Waals surface area contributed by atoms with Crippen LogP contribution >= 0.6 is 0 Å². The van der Waals surface area contributed by atoms with Gasteiger partial charge in [0.15, 0.2) is 0 Å². The maximum absolute atomic E-state index is 12.5. The van der Waals surface area contributed by atoms with Crippen molar-refractivity contribution in [1.82, 2.24) is 19.9 Å². The van der Waals surface area contributed by atoms with E-state index in [1.54, 1.807) is 18.6 Å². The van der Waals surface area contributed by atoms with Crippen LogP contribution in [0.5, 0.6) is 0 Å². The van der Waals surface area contributed by atoms with E-state index in [0.29, 0.717) is 25.1 Å². The van der Waals surface area contributed by atoms with E-state index in [-0.39, 0.29) is 5.91 Å². The lowest BCUT2D eigenvalue weighted by atomic mass is 10.1. The van der Waals surface area contributed by atoms with E-state index in [1.165, 1.54) is 0 Å². The highest BCUT2D eigenvalue weighted by atomic mass is 16.1. The largest absolute Gasteiger partial charge is 0.352 e. The van der Waals surface area contributed by atoms with Crippen molar-refractivity contribution in [3.8, 4) is 5.69 Å². The average Bonchev–Trinajstić information content (AvgIpc) is 3.11. The Bertz CT molecular complexity index is 813. The van der Waals surface area contributed by atoms with E-state index in [1.807, 2.05) is 47.2 Å². The maximum atomic E-state index is 12.5. The minimum absolute atomic E-state index is 0.121. The molecule has 0 aliphatic carbocycles. The third kappa shape index (κ3) is 3.67. The zero-order valence-corrected chi connectivity index (χ0v) is 13.2. The SMILES string of the molecule is NCc1cn(-c2ccccc2C(=O)NCCc2ccccn2)cn1. The molecule has 1 aromatic carbocycles. The Hall–Kier alpha value is -2.99. The molecule has 3 rings (SSSR count). The number of nitrogens with two attached hydrogens (primary N) is 1. The number of imidazole rings is 1. The number of nitrogens with one attached hydrogen (secondary N) is 1. The second-order valence-corrected chi connectivity index (χ2v) is 5.32. The molecule has 0 bridgehead atoms. The van der Waals surface area contributed by atoms with Crippen LogP contribution in [0, 0.1) is 0 Å². The second kappa shape index (κ2) is 7.52. The first-order valence-corrected chi connectivity index (χ1v) is 7.78. The van der Waals surface area contributed by atoms with E-state index in [2.05, 4.69) is 15.3 Å². The minimum Gasteiger partial charge on any atom is -0.352 e. The lowest BCUT2D eigenvalue weighted by Crippen LogP contribution is -2.27. The number of nitrogens with zero attached hydrogens (tertiary/aromatic N) is 3. The van der Waals surface area contributed by atoms with Gasteiger partial charge in [0.05, 0.1) is 23.3 Å². The fourth-order valence-corrected chi connectivity index (χ4v) is 2.44. The van der Waals surface area contributed by atoms with Gasteiger partial charge in [-0.1, -0.05) is 18.2 Å². The summed E-state index contributed by atoms with van der Waals surface area (Å²) in [4.78, 5) is 21.0. The molecular weight excluding hydrogens is 302 g/mol. The van der Waals surface area contributed by atoms with Crippen LogP contribution in [0.25, 0.3) is 5.69 Å². The van der Waals surface area contributed by atoms with Crippen LogP contribution in [0.4, 0.5) is 0 Å². The third-order valence-corrected chi connectivity index (χ3v) is 3.66. The summed E-state index contributed by atoms with van der Waals surface area (Å²) >= 11 is 0. The number of benzene rings is 1. The molecule has 6 nitrogen and oxygen atoms in total. The molecule has 2 aromatic heterocycles. The molecule has 0 aliphatic heterocycles. The van der Waals surface area contributed by atoms with Gasteiger partial charge in [0.1, 0.15) is 0 Å². The van der Waals surface area contributed by atoms with Crippen LogP contribution in [0.3, 0.4) is 0 Å². The summed E-state index contributed by atoms with van der Waals surface area (Å²) in [5.41, 5.74) is 8.70. The normalized spacial score (nSPS) is 10.5. The molecule has 0 saturated heterocycles. The summed E-state index contributed by atoms with van der Waals surface area (Å²) in [5, 5.41) is 2.94. The quantitative estimate of drug-likeness (QED) is 0.723. The van der Waals surface area contributed by atoms with Gasteiger partial charge >= 0.3 is 0 Å². The molecule has 0 aliphatic rings. The number of pyridine rings is 1. The van der Waals surface area contributed by atoms with E-state index in [9.17, 15) is 4.79 Å². The number of hydrogen-bond donors (Lipinski definition) is 2. The van der Waals surface area contributed by atoms with Crippen molar-refractivity contribution in [2.45, 2.75) is 13.0 Å². The number of carbonyl (C=O) groups is 1. The molecule has 2 heterocycles. The topological polar surface area (TPSA) is 85.8 Å². The minimum atomic E-state index is -0.121. The van der Waals surface area contributed by atoms with E-state index in [4.69, 9.17) is 5.73 Å². The van der Waals surface area contributed by atoms with Crippen molar-refractivity contribution >= 4 is 5.91 Å². The molecule has 24 heavy (non-hydrogen) atoms. The first-order chi connectivity index (χ1) is 11.8. The number of aromatic nitrogens is 3. The van der Waals surface area contributed by atoms with Gasteiger partial charge in [0.25, 0.3) is 5.91 Å². The van der Waals surface area contributed by atoms with Crippen LogP contribution in [-0.2, 0) is 13.0 Å². The van der Waals surface area contributed by atoms with Gasteiger partial charge in [-0.15, -0.1) is 0 Å². The summed E-state index contributed by atoms with van der Waals surface area (Å²) in [6.07, 6.45) is 5.94. The Morgan fingerprint density at radius 3 is 2.67 bits per heavy atom. The fraction of sp³-hybridized carbons (Fsp3) is 0.167. The van der Waals surface area contributed by atoms with Crippen molar-refractivity contribution in [3.05, 3.63) is 78.1 Å². The Labute approximate surface area is 140 Å². The Kier molecular flexibility index (Phi) is 4.98. The zero-order chi connectivity index (χ0) is 16.8. The predicted molar refractivity (Wildman–Crippen MR) is 91.7 cm³/mol. The first-order valence-electron chi connectivity index (χ1n) is 7.78. The first kappa shape index (κ1) is 15.9. The van der Waals surface area contributed by atoms with Crippen LogP contribution in [0.15, 0.2) is 61.2 Å². The molecular formula is C18H19N5O. The van der Waals surface area contributed by atoms with E-state index in [0.717, 1.165) is 17.1 Å². The Morgan fingerprint density at radius 2 is 1.92 bits per heavy atom. The number of carbonyl (C=O) groups excluding carboxylic acids is 1. The average molecular weight is 321 g/mol. The highest BCUT2D eigenvalue weighted by Gasteiger charge is 2.12. The van der Waals surface area contributed by atoms with Crippen LogP contribution in [0.1, 0.15) is 21.7 Å². The van der Waals surface area contributed by atoms with E-state index < -0.39 is 0 Å². The van der Waals surface area contributed by atoms with Gasteiger partial charge in [0, 0.05) is 37.6 Å². The number of amides is 1. The molecule has 0 radical (unpaired) electrons. The van der Waals surface area contributed by atoms with Gasteiger partial charge in [-0.25, -0.2) is 4.98 Å². The van der Waals surface area contributed by atoms with Gasteiger partial charge < -0.3 is 15.6 Å². The maximum Gasteiger partial charge on any atom is 0.253 e. The smallest absolute Gasteiger partial charge is 0.253 e. The molecule has 0 atom stereocenters. The fourth-order valence-electron chi connectivity index (χ4n) is 2.44. The molecule has 3 N–H and O–H groups in total. The standard InChI is InChI=1S/C18H19N5O/c19-11-15-12-23(13-22-15)17-7-2-1-6-16(17)18(24)21-10-8-14-5-3-4-9-20-14/h1-7,9,12-13H,8,10-11,19H2,(H,21,24). The van der Waals surface area contributed by atoms with Crippen LogP contribution in [0.2, 0.25) is 0 Å². The third-order valence-electron chi connectivity index (χ3n) is 3.66. The summed E-state index contributed by atoms with van der Waals surface area (Å²) in [7, 11) is 0. The van der Waals surface area contributed by atoms with Gasteiger partial charge in [-0.2, -0.15) is 0 Å². The van der Waals surface area contributed by atoms with E-state index >= 15 is 0 Å². The van der Waals surface area contributed by atoms with Crippen molar-refractivity contribution in [2.75, 3.05) is 6.54 Å². The Balaban J connectivity index is 1.71. The van der Waals surface area contributed by atoms with Crippen molar-refractivity contribution < 1.29 is 4.79 Å². The summed E-state index contributed by atoms with van der Waals surface area (Å²) in [6, 6.07) is 13.2. The van der Waals surface area contributed by atoms with Crippen LogP contribution in [-0.4, -0.2) is 27.0 Å². The van der Waals surface area contributed by atoms with Gasteiger partial charge in [-0.3, -0.25) is 9.78 Å². The summed E-state index contributed by atoms with van der Waals surface area (Å²) < 4.78 is 1.82. The second-order valence-electron chi connectivity index (χ2n) is 5.32. The van der Waals surface area contributed by atoms with Gasteiger partial charge in [-0.05, 0) is 24.3 Å². The van der Waals surface area contributed by atoms with Crippen molar-refractivity contribution in [3.63, 3.8) is 0 Å². The molecule has 0 spiro atoms. The van der Waals surface area contributed by atoms with Crippen molar-refractivity contribution in [2.24, 2.45) is 5.73 Å². The number of rotatable bonds is 6. The monoisotopic (exact) mass is 321 g/mol. The predicted octanol–water partition coefficient (Wildman–Crippen LogP) is 1.70. The summed E-state index contributed by atoms with van der Waals surface area (Å²) in [6.45, 7) is 0.896.